The largest absolute Gasteiger partial charge is 0.331 e. The van der Waals surface area contributed by atoms with Crippen LogP contribution in [-0.4, -0.2) is 43.2 Å². The van der Waals surface area contributed by atoms with Gasteiger partial charge in [-0.1, -0.05) is 32.1 Å². The molecule has 1 aromatic carbocycles. The van der Waals surface area contributed by atoms with Gasteiger partial charge in [-0.3, -0.25) is 9.59 Å². The van der Waals surface area contributed by atoms with E-state index in [1.54, 1.807) is 11.8 Å². The van der Waals surface area contributed by atoms with Gasteiger partial charge in [0.05, 0.1) is 21.0 Å². The van der Waals surface area contributed by atoms with E-state index < -0.39 is 10.0 Å². The lowest BCUT2D eigenvalue weighted by atomic mass is 9.87. The fourth-order valence-electron chi connectivity index (χ4n) is 3.54. The molecule has 2 amide bonds. The van der Waals surface area contributed by atoms with Crippen molar-refractivity contribution in [2.75, 3.05) is 12.4 Å². The monoisotopic (exact) mass is 464 g/mol. The number of fused-ring (bicyclic) bond motifs is 1. The van der Waals surface area contributed by atoms with Crippen molar-refractivity contribution in [1.82, 2.24) is 14.6 Å². The summed E-state index contributed by atoms with van der Waals surface area (Å²) < 4.78 is 28.0. The zero-order valence-corrected chi connectivity index (χ0v) is 20.4. The number of carbonyl (C=O) groups is 2. The number of thiazole rings is 1. The van der Waals surface area contributed by atoms with Crippen LogP contribution in [0.4, 0.5) is 5.13 Å². The Hall–Kier alpha value is -2.30. The smallest absolute Gasteiger partial charge is 0.256 e. The van der Waals surface area contributed by atoms with Crippen molar-refractivity contribution >= 4 is 38.3 Å². The Morgan fingerprint density at radius 2 is 1.94 bits per heavy atom. The van der Waals surface area contributed by atoms with Crippen molar-refractivity contribution in [2.24, 2.45) is 5.41 Å². The number of benzene rings is 1. The number of anilines is 1. The van der Waals surface area contributed by atoms with Gasteiger partial charge in [-0.2, -0.15) is 0 Å². The summed E-state index contributed by atoms with van der Waals surface area (Å²) in [4.78, 5) is 31.5. The van der Waals surface area contributed by atoms with Gasteiger partial charge in [-0.15, -0.1) is 0 Å². The first kappa shape index (κ1) is 23.4. The second kappa shape index (κ2) is 7.99. The molecule has 0 radical (unpaired) electrons. The zero-order chi connectivity index (χ0) is 23.3. The highest BCUT2D eigenvalue weighted by Gasteiger charge is 2.39. The van der Waals surface area contributed by atoms with Crippen LogP contribution in [0.15, 0.2) is 17.0 Å². The van der Waals surface area contributed by atoms with E-state index in [4.69, 9.17) is 0 Å². The van der Waals surface area contributed by atoms with Crippen LogP contribution in [-0.2, 0) is 21.4 Å². The van der Waals surface area contributed by atoms with E-state index in [1.807, 2.05) is 13.0 Å². The molecule has 1 aliphatic rings. The molecule has 3 rings (SSSR count). The standard InChI is InChI=1S/C21H28N4O4S2/c1-11-18(30-20(23-11)24-13(3)26)14-8-15-10-25(12(2)21(4,5)6)19(27)17(15)16(9-14)31(28,29)22-7/h8-9,12,22H,10H2,1-7H3,(H,23,24,26)/t12-/m0/s1. The molecule has 0 saturated carbocycles. The molecular formula is C21H28N4O4S2. The molecule has 1 aromatic heterocycles. The van der Waals surface area contributed by atoms with Gasteiger partial charge in [-0.05, 0) is 49.6 Å². The average molecular weight is 465 g/mol. The third-order valence-corrected chi connectivity index (χ3v) is 8.18. The number of carbonyl (C=O) groups excluding carboxylic acids is 2. The molecule has 0 saturated heterocycles. The summed E-state index contributed by atoms with van der Waals surface area (Å²) >= 11 is 1.27. The van der Waals surface area contributed by atoms with Gasteiger partial charge in [0.1, 0.15) is 0 Å². The Balaban J connectivity index is 2.18. The number of rotatable bonds is 5. The van der Waals surface area contributed by atoms with Gasteiger partial charge in [-0.25, -0.2) is 18.1 Å². The number of aryl methyl sites for hydroxylation is 1. The number of nitrogens with zero attached hydrogens (tertiary/aromatic N) is 2. The van der Waals surface area contributed by atoms with E-state index in [9.17, 15) is 18.0 Å². The van der Waals surface area contributed by atoms with Gasteiger partial charge >= 0.3 is 0 Å². The Kier molecular flexibility index (Phi) is 6.03. The first-order valence-electron chi connectivity index (χ1n) is 9.93. The molecule has 1 aliphatic heterocycles. The third kappa shape index (κ3) is 4.37. The van der Waals surface area contributed by atoms with Crippen LogP contribution in [0.2, 0.25) is 0 Å². The highest BCUT2D eigenvalue weighted by Crippen LogP contribution is 2.40. The third-order valence-electron chi connectivity index (χ3n) is 5.62. The van der Waals surface area contributed by atoms with Crippen molar-refractivity contribution in [3.05, 3.63) is 29.0 Å². The Morgan fingerprint density at radius 3 is 2.48 bits per heavy atom. The van der Waals surface area contributed by atoms with Crippen molar-refractivity contribution in [3.8, 4) is 10.4 Å². The summed E-state index contributed by atoms with van der Waals surface area (Å²) in [5.74, 6) is -0.511. The predicted molar refractivity (Wildman–Crippen MR) is 122 cm³/mol. The minimum atomic E-state index is -3.88. The highest BCUT2D eigenvalue weighted by molar-refractivity contribution is 7.89. The molecule has 1 atom stereocenters. The summed E-state index contributed by atoms with van der Waals surface area (Å²) in [7, 11) is -2.55. The normalized spacial score (nSPS) is 15.2. The number of aromatic nitrogens is 1. The lowest BCUT2D eigenvalue weighted by Crippen LogP contribution is -2.42. The molecular weight excluding hydrogens is 436 g/mol. The summed E-state index contributed by atoms with van der Waals surface area (Å²) in [5, 5.41) is 3.11. The van der Waals surface area contributed by atoms with Crippen LogP contribution >= 0.6 is 11.3 Å². The fraction of sp³-hybridized carbons (Fsp3) is 0.476. The molecule has 10 heteroatoms. The predicted octanol–water partition coefficient (Wildman–Crippen LogP) is 3.38. The van der Waals surface area contributed by atoms with Gasteiger partial charge in [0.15, 0.2) is 5.13 Å². The molecule has 2 heterocycles. The Labute approximate surface area is 187 Å². The van der Waals surface area contributed by atoms with Crippen molar-refractivity contribution in [2.45, 2.75) is 59.0 Å². The first-order valence-corrected chi connectivity index (χ1v) is 12.2. The van der Waals surface area contributed by atoms with Gasteiger partial charge in [0.25, 0.3) is 5.91 Å². The van der Waals surface area contributed by atoms with E-state index >= 15 is 0 Å². The molecule has 0 bridgehead atoms. The molecule has 31 heavy (non-hydrogen) atoms. The van der Waals surface area contributed by atoms with Gasteiger partial charge in [0, 0.05) is 19.5 Å². The van der Waals surface area contributed by atoms with E-state index in [2.05, 4.69) is 35.8 Å². The van der Waals surface area contributed by atoms with Crippen LogP contribution in [0.3, 0.4) is 0 Å². The van der Waals surface area contributed by atoms with Crippen molar-refractivity contribution in [3.63, 3.8) is 0 Å². The number of hydrogen-bond acceptors (Lipinski definition) is 6. The average Bonchev–Trinajstić information content (AvgIpc) is 3.18. The molecule has 0 spiro atoms. The van der Waals surface area contributed by atoms with Crippen LogP contribution in [0.25, 0.3) is 10.4 Å². The molecule has 2 N–H and O–H groups in total. The van der Waals surface area contributed by atoms with E-state index in [0.717, 1.165) is 4.88 Å². The maximum absolute atomic E-state index is 13.3. The quantitative estimate of drug-likeness (QED) is 0.705. The Bertz CT molecular complexity index is 1160. The SMILES string of the molecule is CNS(=O)(=O)c1cc(-c2sc(NC(C)=O)nc2C)cc2c1C(=O)N([C@@H](C)C(C)(C)C)C2. The van der Waals surface area contributed by atoms with Crippen LogP contribution in [0, 0.1) is 12.3 Å². The Morgan fingerprint density at radius 1 is 1.29 bits per heavy atom. The summed E-state index contributed by atoms with van der Waals surface area (Å²) in [6.07, 6.45) is 0. The topological polar surface area (TPSA) is 108 Å². The molecule has 0 fully saturated rings. The summed E-state index contributed by atoms with van der Waals surface area (Å²) in [5.41, 5.74) is 2.05. The first-order chi connectivity index (χ1) is 14.3. The van der Waals surface area contributed by atoms with Crippen LogP contribution in [0.1, 0.15) is 56.2 Å². The molecule has 2 aromatic rings. The van der Waals surface area contributed by atoms with E-state index in [1.165, 1.54) is 31.4 Å². The zero-order valence-electron chi connectivity index (χ0n) is 18.8. The van der Waals surface area contributed by atoms with E-state index in [0.29, 0.717) is 28.5 Å². The second-order valence-corrected chi connectivity index (χ2v) is 11.7. The number of amides is 2. The maximum atomic E-state index is 13.3. The lowest BCUT2D eigenvalue weighted by Gasteiger charge is -2.35. The molecule has 0 aliphatic carbocycles. The maximum Gasteiger partial charge on any atom is 0.256 e. The van der Waals surface area contributed by atoms with Crippen molar-refractivity contribution < 1.29 is 18.0 Å². The molecule has 168 valence electrons. The minimum Gasteiger partial charge on any atom is -0.331 e. The lowest BCUT2D eigenvalue weighted by molar-refractivity contribution is -0.114. The second-order valence-electron chi connectivity index (χ2n) is 8.81. The van der Waals surface area contributed by atoms with E-state index in [-0.39, 0.29) is 33.7 Å². The number of sulfonamides is 1. The summed E-state index contributed by atoms with van der Waals surface area (Å²) in [6.45, 7) is 11.7. The molecule has 0 unspecified atom stereocenters. The van der Waals surface area contributed by atoms with Gasteiger partial charge < -0.3 is 10.2 Å². The number of hydrogen-bond donors (Lipinski definition) is 2. The van der Waals surface area contributed by atoms with Crippen LogP contribution < -0.4 is 10.0 Å². The molecule has 8 nitrogen and oxygen atoms in total. The van der Waals surface area contributed by atoms with Gasteiger partial charge in [0.2, 0.25) is 15.9 Å². The van der Waals surface area contributed by atoms with Crippen LogP contribution in [0.5, 0.6) is 0 Å². The fourth-order valence-corrected chi connectivity index (χ4v) is 5.53. The highest BCUT2D eigenvalue weighted by atomic mass is 32.2. The minimum absolute atomic E-state index is 0.0370. The number of nitrogens with one attached hydrogen (secondary N) is 2. The summed E-state index contributed by atoms with van der Waals surface area (Å²) in [6, 6.07) is 3.29. The van der Waals surface area contributed by atoms with Crippen molar-refractivity contribution in [1.29, 1.82) is 0 Å².